The fourth-order valence-electron chi connectivity index (χ4n) is 14.4. The van der Waals surface area contributed by atoms with E-state index in [0.717, 1.165) is 6.42 Å². The van der Waals surface area contributed by atoms with E-state index in [1.54, 1.807) is 31.9 Å². The number of allylic oxidation sites excluding steroid dienone is 3. The van der Waals surface area contributed by atoms with Gasteiger partial charge in [-0.05, 0) is 194 Å². The average molecular weight is 927 g/mol. The summed E-state index contributed by atoms with van der Waals surface area (Å²) >= 11 is 2.19. The Morgan fingerprint density at radius 2 is 1.00 bits per heavy atom. The van der Waals surface area contributed by atoms with Gasteiger partial charge in [-0.2, -0.15) is 11.3 Å². The summed E-state index contributed by atoms with van der Waals surface area (Å²) in [7, 11) is 0. The van der Waals surface area contributed by atoms with E-state index in [2.05, 4.69) is 208 Å². The van der Waals surface area contributed by atoms with Crippen molar-refractivity contribution in [1.82, 2.24) is 0 Å². The molecule has 0 saturated heterocycles. The van der Waals surface area contributed by atoms with Crippen LogP contribution in [-0.4, -0.2) is 6.71 Å². The third-order valence-corrected chi connectivity index (χ3v) is 21.0. The number of anilines is 4. The van der Waals surface area contributed by atoms with Gasteiger partial charge in [0.2, 0.25) is 0 Å². The highest BCUT2D eigenvalue weighted by Gasteiger charge is 2.54. The molecule has 0 radical (unpaired) electrons. The van der Waals surface area contributed by atoms with Crippen molar-refractivity contribution in [3.63, 3.8) is 0 Å². The van der Waals surface area contributed by atoms with Crippen LogP contribution in [0.2, 0.25) is 0 Å². The lowest BCUT2D eigenvalue weighted by molar-refractivity contribution is 0.331. The smallest absolute Gasteiger partial charge is 0.264 e. The predicted octanol–water partition coefficient (Wildman–Crippen LogP) is 17.1. The fourth-order valence-corrected chi connectivity index (χ4v) is 16.1. The van der Waals surface area contributed by atoms with Crippen molar-refractivity contribution < 1.29 is 0 Å². The molecule has 68 heavy (non-hydrogen) atoms. The van der Waals surface area contributed by atoms with Crippen LogP contribution in [0.4, 0.5) is 22.7 Å². The molecule has 0 amide bonds. The molecule has 4 heteroatoms. The number of nitrogens with zero attached hydrogens (tertiary/aromatic N) is 2. The first-order valence-electron chi connectivity index (χ1n) is 27.1. The number of hydrogen-bond acceptors (Lipinski definition) is 3. The van der Waals surface area contributed by atoms with Crippen molar-refractivity contribution in [2.24, 2.45) is 5.92 Å². The zero-order chi connectivity index (χ0) is 49.4. The van der Waals surface area contributed by atoms with Crippen molar-refractivity contribution in [3.05, 3.63) is 115 Å². The maximum absolute atomic E-state index is 2.85. The van der Waals surface area contributed by atoms with Gasteiger partial charge in [-0.25, -0.2) is 0 Å². The number of benzene rings is 3. The Hall–Kier alpha value is -3.50. The molecule has 0 saturated carbocycles. The highest BCUT2D eigenvalue weighted by atomic mass is 32.1. The summed E-state index contributed by atoms with van der Waals surface area (Å²) in [5.74, 6) is 0.260. The van der Waals surface area contributed by atoms with Crippen molar-refractivity contribution in [3.8, 4) is 0 Å². The molecule has 362 valence electrons. The van der Waals surface area contributed by atoms with E-state index < -0.39 is 0 Å². The van der Waals surface area contributed by atoms with Gasteiger partial charge in [-0.15, -0.1) is 0 Å². The lowest BCUT2D eigenvalue weighted by Gasteiger charge is -2.50. The lowest BCUT2D eigenvalue weighted by Crippen LogP contribution is -2.57. The number of thiophene rings is 1. The van der Waals surface area contributed by atoms with Crippen molar-refractivity contribution in [2.75, 3.05) is 9.80 Å². The Labute approximate surface area is 418 Å². The molecule has 1 aromatic heterocycles. The SMILES string of the molecule is CC/C=C1\C2=C(C(C)C)N(c3cc4c(cc3C)C(C)(C)CCC4(C)C)c3cc4c(cc3B2c2sc3c(c2N1c1ccc2c(c1)C(C)(C)CCC2(C)C)C(C)(C)CCC3(C)C)C(C)(C)CCC4(C)C. The second-order valence-corrected chi connectivity index (χ2v) is 29.6. The molecule has 0 bridgehead atoms. The normalized spacial score (nSPS) is 24.4. The molecule has 3 heterocycles. The fraction of sp³-hybridized carbons (Fsp3) is 0.594. The highest BCUT2D eigenvalue weighted by molar-refractivity contribution is 7.28. The number of fused-ring (bicyclic) bond motifs is 10. The van der Waals surface area contributed by atoms with Crippen molar-refractivity contribution >= 4 is 51.0 Å². The minimum Gasteiger partial charge on any atom is -0.315 e. The first-order valence-corrected chi connectivity index (χ1v) is 27.9. The van der Waals surface area contributed by atoms with Crippen molar-refractivity contribution in [2.45, 2.75) is 240 Å². The summed E-state index contributed by atoms with van der Waals surface area (Å²) in [6.45, 7) is 50.2. The van der Waals surface area contributed by atoms with Gasteiger partial charge in [0.25, 0.3) is 6.71 Å². The second kappa shape index (κ2) is 15.0. The molecule has 0 N–H and O–H groups in total. The van der Waals surface area contributed by atoms with E-state index in [-0.39, 0.29) is 56.0 Å². The molecular weight excluding hydrogens is 840 g/mol. The molecule has 10 rings (SSSR count). The van der Waals surface area contributed by atoms with Gasteiger partial charge < -0.3 is 9.80 Å². The van der Waals surface area contributed by atoms with Gasteiger partial charge >= 0.3 is 0 Å². The average Bonchev–Trinajstić information content (AvgIpc) is 3.67. The molecule has 0 atom stereocenters. The summed E-state index contributed by atoms with van der Waals surface area (Å²) < 4.78 is 1.57. The topological polar surface area (TPSA) is 6.48 Å². The minimum atomic E-state index is 0.0360. The van der Waals surface area contributed by atoms with E-state index in [1.165, 1.54) is 119 Å². The number of rotatable bonds is 4. The zero-order valence-corrected chi connectivity index (χ0v) is 47.3. The number of aryl methyl sites for hydroxylation is 1. The van der Waals surface area contributed by atoms with Crippen LogP contribution < -0.4 is 20.0 Å². The first kappa shape index (κ1) is 48.1. The Balaban J connectivity index is 1.38. The van der Waals surface area contributed by atoms with Crippen LogP contribution in [0.1, 0.15) is 239 Å². The standard InChI is InChI=1S/C64H87BN2S/c1-21-22-48-52-53(38(2)3)67(49-36-45-42(33-39(49)4)58(7,8)27-29-61(45,13)14)50-37-46-44(60(11,12)28-30-62(46,15)16)35-47(50)65(52)56-54(51-55(68-56)64(19,20)32-31-63(51,17)18)66(48)40-23-24-41-43(34-40)59(9,10)26-25-57(41,5)6/h22-24,33-38H,21,25-32H2,1-20H3/b48-22+. The van der Waals surface area contributed by atoms with Gasteiger partial charge in [0, 0.05) is 38.1 Å². The van der Waals surface area contributed by atoms with Crippen LogP contribution in [0.3, 0.4) is 0 Å². The van der Waals surface area contributed by atoms with E-state index in [9.17, 15) is 0 Å². The van der Waals surface area contributed by atoms with Crippen LogP contribution in [0, 0.1) is 12.8 Å². The zero-order valence-electron chi connectivity index (χ0n) is 46.4. The van der Waals surface area contributed by atoms with Gasteiger partial charge in [-0.3, -0.25) is 0 Å². The van der Waals surface area contributed by atoms with Crippen LogP contribution in [0.5, 0.6) is 0 Å². The first-order chi connectivity index (χ1) is 31.4. The maximum Gasteiger partial charge on any atom is 0.264 e. The second-order valence-electron chi connectivity index (χ2n) is 28.5. The summed E-state index contributed by atoms with van der Waals surface area (Å²) in [5.41, 5.74) is 24.6. The van der Waals surface area contributed by atoms with Gasteiger partial charge in [0.1, 0.15) is 0 Å². The molecule has 4 aromatic rings. The molecule has 6 aliphatic rings. The summed E-state index contributed by atoms with van der Waals surface area (Å²) in [6.07, 6.45) is 13.3. The summed E-state index contributed by atoms with van der Waals surface area (Å²) in [6, 6.07) is 18.6. The maximum atomic E-state index is 2.85. The summed E-state index contributed by atoms with van der Waals surface area (Å²) in [4.78, 5) is 7.32. The van der Waals surface area contributed by atoms with Gasteiger partial charge in [0.15, 0.2) is 0 Å². The lowest BCUT2D eigenvalue weighted by atomic mass is 9.34. The molecule has 3 aromatic carbocycles. The Kier molecular flexibility index (Phi) is 10.6. The van der Waals surface area contributed by atoms with E-state index in [0.29, 0.717) is 0 Å². The van der Waals surface area contributed by atoms with Gasteiger partial charge in [-0.1, -0.05) is 156 Å². The molecule has 2 nitrogen and oxygen atoms in total. The molecule has 4 aliphatic carbocycles. The van der Waals surface area contributed by atoms with E-state index >= 15 is 0 Å². The largest absolute Gasteiger partial charge is 0.315 e. The van der Waals surface area contributed by atoms with E-state index in [4.69, 9.17) is 0 Å². The van der Waals surface area contributed by atoms with Crippen LogP contribution in [0.15, 0.2) is 65.4 Å². The molecule has 2 aliphatic heterocycles. The summed E-state index contributed by atoms with van der Waals surface area (Å²) in [5, 5.41) is 0. The Bertz CT molecular complexity index is 2840. The third kappa shape index (κ3) is 6.95. The monoisotopic (exact) mass is 927 g/mol. The van der Waals surface area contributed by atoms with Crippen LogP contribution in [0.25, 0.3) is 0 Å². The van der Waals surface area contributed by atoms with E-state index in [1.807, 2.05) is 0 Å². The molecule has 0 spiro atoms. The highest BCUT2D eigenvalue weighted by Crippen LogP contribution is 2.59. The number of hydrogen-bond donors (Lipinski definition) is 0. The van der Waals surface area contributed by atoms with Crippen LogP contribution in [-0.2, 0) is 43.3 Å². The Morgan fingerprint density at radius 1 is 0.544 bits per heavy atom. The van der Waals surface area contributed by atoms with Gasteiger partial charge in [0.05, 0.1) is 5.69 Å². The molecular formula is C64H87BN2S. The third-order valence-electron chi connectivity index (χ3n) is 19.4. The van der Waals surface area contributed by atoms with Crippen LogP contribution >= 0.6 is 11.3 Å². The van der Waals surface area contributed by atoms with Crippen molar-refractivity contribution in [1.29, 1.82) is 0 Å². The minimum absolute atomic E-state index is 0.0360. The molecule has 0 unspecified atom stereocenters. The quantitative estimate of drug-likeness (QED) is 0.188. The molecule has 0 fully saturated rings. The predicted molar refractivity (Wildman–Crippen MR) is 299 cm³/mol. The Morgan fingerprint density at radius 3 is 1.53 bits per heavy atom.